The first-order chi connectivity index (χ1) is 9.19. The fraction of sp³-hybridized carbons (Fsp3) is 0.333. The highest BCUT2D eigenvalue weighted by atomic mass is 16.5. The van der Waals surface area contributed by atoms with E-state index in [-0.39, 0.29) is 38.0 Å². The number of anilines is 3. The van der Waals surface area contributed by atoms with Crippen LogP contribution in [0.2, 0.25) is 0 Å². The van der Waals surface area contributed by atoms with E-state index in [1.807, 2.05) is 0 Å². The average molecular weight is 270 g/mol. The number of nitrogens with zero attached hydrogens (tertiary/aromatic N) is 3. The van der Waals surface area contributed by atoms with E-state index in [0.717, 1.165) is 6.08 Å². The van der Waals surface area contributed by atoms with E-state index in [1.165, 1.54) is 0 Å². The van der Waals surface area contributed by atoms with Gasteiger partial charge in [0.25, 0.3) is 0 Å². The second-order valence-corrected chi connectivity index (χ2v) is 2.96. The van der Waals surface area contributed by atoms with Crippen LogP contribution in [-0.4, -0.2) is 51.3 Å². The second-order valence-electron chi connectivity index (χ2n) is 2.96. The van der Waals surface area contributed by atoms with E-state index in [4.69, 9.17) is 10.2 Å². The summed E-state index contributed by atoms with van der Waals surface area (Å²) < 4.78 is 4.69. The fourth-order valence-electron chi connectivity index (χ4n) is 0.985. The Morgan fingerprint density at radius 1 is 1.11 bits per heavy atom. The van der Waals surface area contributed by atoms with Gasteiger partial charge in [-0.1, -0.05) is 6.58 Å². The third-order valence-corrected chi connectivity index (χ3v) is 1.72. The summed E-state index contributed by atoms with van der Waals surface area (Å²) in [5.41, 5.74) is 0. The third-order valence-electron chi connectivity index (χ3n) is 1.72. The SMILES string of the molecule is C=CC(=O)OCNc1nc(NCO)nc(NCO)n1. The van der Waals surface area contributed by atoms with Gasteiger partial charge in [0.15, 0.2) is 6.73 Å². The van der Waals surface area contributed by atoms with Crippen molar-refractivity contribution in [2.24, 2.45) is 0 Å². The molecule has 0 atom stereocenters. The van der Waals surface area contributed by atoms with Gasteiger partial charge in [0, 0.05) is 6.08 Å². The maximum absolute atomic E-state index is 10.8. The maximum atomic E-state index is 10.8. The second kappa shape index (κ2) is 7.79. The Labute approximate surface area is 108 Å². The molecule has 19 heavy (non-hydrogen) atoms. The topological polar surface area (TPSA) is 142 Å². The van der Waals surface area contributed by atoms with Crippen molar-refractivity contribution in [3.63, 3.8) is 0 Å². The number of aliphatic hydroxyl groups excluding tert-OH is 2. The minimum absolute atomic E-state index is 0.0889. The molecule has 0 aliphatic heterocycles. The molecule has 0 aromatic carbocycles. The number of rotatable bonds is 8. The first-order valence-corrected chi connectivity index (χ1v) is 5.18. The highest BCUT2D eigenvalue weighted by Gasteiger charge is 2.05. The van der Waals surface area contributed by atoms with E-state index in [1.54, 1.807) is 0 Å². The van der Waals surface area contributed by atoms with Crippen LogP contribution in [0.4, 0.5) is 17.8 Å². The molecule has 1 rings (SSSR count). The van der Waals surface area contributed by atoms with Crippen LogP contribution < -0.4 is 16.0 Å². The highest BCUT2D eigenvalue weighted by Crippen LogP contribution is 2.08. The van der Waals surface area contributed by atoms with Gasteiger partial charge in [-0.3, -0.25) is 0 Å². The number of ether oxygens (including phenoxy) is 1. The third kappa shape index (κ3) is 5.14. The normalized spacial score (nSPS) is 9.58. The van der Waals surface area contributed by atoms with Crippen LogP contribution in [0.1, 0.15) is 0 Å². The zero-order valence-corrected chi connectivity index (χ0v) is 9.96. The molecule has 104 valence electrons. The van der Waals surface area contributed by atoms with E-state index < -0.39 is 5.97 Å². The molecule has 0 bridgehead atoms. The number of aromatic nitrogens is 3. The summed E-state index contributed by atoms with van der Waals surface area (Å²) in [5, 5.41) is 25.0. The largest absolute Gasteiger partial charge is 0.441 e. The van der Waals surface area contributed by atoms with Crippen LogP contribution in [0.25, 0.3) is 0 Å². The summed E-state index contributed by atoms with van der Waals surface area (Å²) in [6.45, 7) is 2.35. The predicted octanol–water partition coefficient (Wildman–Crippen LogP) is -1.31. The standard InChI is InChI=1S/C9H14N6O4/c1-2-6(18)19-5-12-9-14-7(10-3-16)13-8(15-9)11-4-17/h2,16-17H,1,3-5H2,(H3,10,11,12,13,14,15). The van der Waals surface area contributed by atoms with Gasteiger partial charge in [0.1, 0.15) is 13.5 Å². The minimum Gasteiger partial charge on any atom is -0.441 e. The summed E-state index contributed by atoms with van der Waals surface area (Å²) in [7, 11) is 0. The smallest absolute Gasteiger partial charge is 0.331 e. The monoisotopic (exact) mass is 270 g/mol. The number of nitrogens with one attached hydrogen (secondary N) is 3. The Morgan fingerprint density at radius 2 is 1.58 bits per heavy atom. The van der Waals surface area contributed by atoms with Gasteiger partial charge >= 0.3 is 5.97 Å². The molecule has 1 aromatic rings. The summed E-state index contributed by atoms with van der Waals surface area (Å²) >= 11 is 0. The maximum Gasteiger partial charge on any atom is 0.331 e. The predicted molar refractivity (Wildman–Crippen MR) is 66.0 cm³/mol. The summed E-state index contributed by atoms with van der Waals surface area (Å²) in [6.07, 6.45) is 1.02. The molecule has 0 unspecified atom stereocenters. The molecule has 0 saturated carbocycles. The molecule has 1 heterocycles. The number of carbonyl (C=O) groups excluding carboxylic acids is 1. The van der Waals surface area contributed by atoms with Gasteiger partial charge in [0.2, 0.25) is 17.8 Å². The van der Waals surface area contributed by atoms with Crippen molar-refractivity contribution in [2.45, 2.75) is 0 Å². The molecular formula is C9H14N6O4. The molecule has 0 aliphatic carbocycles. The molecule has 5 N–H and O–H groups in total. The first kappa shape index (κ1) is 14.6. The van der Waals surface area contributed by atoms with Crippen molar-refractivity contribution in [3.05, 3.63) is 12.7 Å². The van der Waals surface area contributed by atoms with Crippen molar-refractivity contribution in [1.29, 1.82) is 0 Å². The molecule has 10 nitrogen and oxygen atoms in total. The fourth-order valence-corrected chi connectivity index (χ4v) is 0.985. The number of hydrogen-bond acceptors (Lipinski definition) is 10. The van der Waals surface area contributed by atoms with Crippen molar-refractivity contribution in [2.75, 3.05) is 36.1 Å². The highest BCUT2D eigenvalue weighted by molar-refractivity contribution is 5.81. The van der Waals surface area contributed by atoms with Crippen LogP contribution in [0, 0.1) is 0 Å². The number of esters is 1. The van der Waals surface area contributed by atoms with Crippen LogP contribution in [-0.2, 0) is 9.53 Å². The van der Waals surface area contributed by atoms with Crippen molar-refractivity contribution < 1.29 is 19.7 Å². The van der Waals surface area contributed by atoms with Gasteiger partial charge in [-0.15, -0.1) is 0 Å². The van der Waals surface area contributed by atoms with Crippen molar-refractivity contribution >= 4 is 23.8 Å². The van der Waals surface area contributed by atoms with Crippen LogP contribution in [0.5, 0.6) is 0 Å². The van der Waals surface area contributed by atoms with E-state index in [2.05, 4.69) is 42.2 Å². The molecule has 0 radical (unpaired) electrons. The van der Waals surface area contributed by atoms with E-state index in [9.17, 15) is 4.79 Å². The van der Waals surface area contributed by atoms with Gasteiger partial charge in [-0.2, -0.15) is 15.0 Å². The van der Waals surface area contributed by atoms with Crippen molar-refractivity contribution in [1.82, 2.24) is 15.0 Å². The molecule has 0 aliphatic rings. The molecular weight excluding hydrogens is 256 g/mol. The van der Waals surface area contributed by atoms with Crippen LogP contribution >= 0.6 is 0 Å². The molecule has 1 aromatic heterocycles. The van der Waals surface area contributed by atoms with Crippen LogP contribution in [0.3, 0.4) is 0 Å². The molecule has 0 spiro atoms. The van der Waals surface area contributed by atoms with E-state index >= 15 is 0 Å². The molecule has 0 amide bonds. The molecule has 0 saturated heterocycles. The molecule has 0 fully saturated rings. The van der Waals surface area contributed by atoms with Gasteiger partial charge in [-0.05, 0) is 0 Å². The lowest BCUT2D eigenvalue weighted by molar-refractivity contribution is -0.136. The zero-order valence-electron chi connectivity index (χ0n) is 9.96. The Morgan fingerprint density at radius 3 is 2.00 bits per heavy atom. The first-order valence-electron chi connectivity index (χ1n) is 5.18. The van der Waals surface area contributed by atoms with Crippen LogP contribution in [0.15, 0.2) is 12.7 Å². The lowest BCUT2D eigenvalue weighted by Crippen LogP contribution is -2.16. The average Bonchev–Trinajstić information content (AvgIpc) is 2.39. The number of aliphatic hydroxyl groups is 2. The number of carbonyl (C=O) groups is 1. The zero-order chi connectivity index (χ0) is 14.1. The summed E-state index contributed by atoms with van der Waals surface area (Å²) in [6, 6.07) is 0. The van der Waals surface area contributed by atoms with Crippen molar-refractivity contribution in [3.8, 4) is 0 Å². The lowest BCUT2D eigenvalue weighted by atomic mass is 10.7. The Bertz CT molecular complexity index is 416. The Kier molecular flexibility index (Phi) is 5.98. The van der Waals surface area contributed by atoms with Gasteiger partial charge in [-0.25, -0.2) is 4.79 Å². The summed E-state index contributed by atoms with van der Waals surface area (Å²) in [5.74, 6) is -0.320. The van der Waals surface area contributed by atoms with Gasteiger partial charge in [0.05, 0.1) is 0 Å². The van der Waals surface area contributed by atoms with E-state index in [0.29, 0.717) is 0 Å². The quantitative estimate of drug-likeness (QED) is 0.219. The minimum atomic E-state index is -0.594. The Hall–Kier alpha value is -2.46. The molecule has 10 heteroatoms. The number of hydrogen-bond donors (Lipinski definition) is 5. The van der Waals surface area contributed by atoms with Gasteiger partial charge < -0.3 is 30.9 Å². The summed E-state index contributed by atoms with van der Waals surface area (Å²) in [4.78, 5) is 22.4. The lowest BCUT2D eigenvalue weighted by Gasteiger charge is -2.09. The Balaban J connectivity index is 2.69.